The SMILES string of the molecule is CC(c1ccc(F)cc1)N(C)C(=O)C1(N)CC1. The Balaban J connectivity index is 2.11. The Morgan fingerprint density at radius 3 is 2.41 bits per heavy atom. The van der Waals surface area contributed by atoms with Crippen molar-refractivity contribution in [3.63, 3.8) is 0 Å². The summed E-state index contributed by atoms with van der Waals surface area (Å²) in [6.07, 6.45) is 1.51. The van der Waals surface area contributed by atoms with E-state index >= 15 is 0 Å². The van der Waals surface area contributed by atoms with Crippen LogP contribution in [0.25, 0.3) is 0 Å². The van der Waals surface area contributed by atoms with Crippen molar-refractivity contribution >= 4 is 5.91 Å². The van der Waals surface area contributed by atoms with Gasteiger partial charge in [-0.1, -0.05) is 12.1 Å². The van der Waals surface area contributed by atoms with E-state index in [2.05, 4.69) is 0 Å². The average molecular weight is 236 g/mol. The molecule has 0 aromatic heterocycles. The number of nitrogens with zero attached hydrogens (tertiary/aromatic N) is 1. The lowest BCUT2D eigenvalue weighted by Gasteiger charge is -2.28. The molecule has 1 saturated carbocycles. The number of hydrogen-bond donors (Lipinski definition) is 1. The summed E-state index contributed by atoms with van der Waals surface area (Å²) in [6, 6.07) is 6.10. The zero-order chi connectivity index (χ0) is 12.6. The summed E-state index contributed by atoms with van der Waals surface area (Å²) >= 11 is 0. The molecule has 4 heteroatoms. The largest absolute Gasteiger partial charge is 0.337 e. The van der Waals surface area contributed by atoms with Gasteiger partial charge in [0.2, 0.25) is 5.91 Å². The molecule has 1 aromatic carbocycles. The molecule has 1 fully saturated rings. The van der Waals surface area contributed by atoms with Gasteiger partial charge in [0.25, 0.3) is 0 Å². The van der Waals surface area contributed by atoms with Crippen molar-refractivity contribution < 1.29 is 9.18 Å². The van der Waals surface area contributed by atoms with E-state index in [1.54, 1.807) is 24.1 Å². The van der Waals surface area contributed by atoms with Crippen LogP contribution in [0.5, 0.6) is 0 Å². The maximum Gasteiger partial charge on any atom is 0.242 e. The van der Waals surface area contributed by atoms with Crippen molar-refractivity contribution in [3.05, 3.63) is 35.6 Å². The van der Waals surface area contributed by atoms with Crippen molar-refractivity contribution in [1.82, 2.24) is 4.90 Å². The Hall–Kier alpha value is -1.42. The number of rotatable bonds is 3. The van der Waals surface area contributed by atoms with Crippen molar-refractivity contribution in [3.8, 4) is 0 Å². The standard InChI is InChI=1S/C13H17FN2O/c1-9(10-3-5-11(14)6-4-10)16(2)12(17)13(15)7-8-13/h3-6,9H,7-8,15H2,1-2H3. The first-order valence-electron chi connectivity index (χ1n) is 5.76. The number of likely N-dealkylation sites (N-methyl/N-ethyl adjacent to an activating group) is 1. The third kappa shape index (κ3) is 2.31. The second-order valence-electron chi connectivity index (χ2n) is 4.80. The summed E-state index contributed by atoms with van der Waals surface area (Å²) in [7, 11) is 1.74. The van der Waals surface area contributed by atoms with E-state index in [1.165, 1.54) is 12.1 Å². The minimum atomic E-state index is -0.650. The van der Waals surface area contributed by atoms with Crippen LogP contribution in [0, 0.1) is 5.82 Å². The van der Waals surface area contributed by atoms with Gasteiger partial charge in [0.1, 0.15) is 5.82 Å². The zero-order valence-corrected chi connectivity index (χ0v) is 10.1. The van der Waals surface area contributed by atoms with Gasteiger partial charge in [0.15, 0.2) is 0 Å². The maximum atomic E-state index is 12.8. The van der Waals surface area contributed by atoms with E-state index in [-0.39, 0.29) is 17.8 Å². The number of benzene rings is 1. The number of nitrogens with two attached hydrogens (primary N) is 1. The maximum absolute atomic E-state index is 12.8. The summed E-state index contributed by atoms with van der Waals surface area (Å²) in [5, 5.41) is 0. The highest BCUT2D eigenvalue weighted by atomic mass is 19.1. The van der Waals surface area contributed by atoms with E-state index in [0.717, 1.165) is 18.4 Å². The van der Waals surface area contributed by atoms with Crippen LogP contribution in [0.1, 0.15) is 31.4 Å². The summed E-state index contributed by atoms with van der Waals surface area (Å²) in [5.74, 6) is -0.304. The van der Waals surface area contributed by atoms with Crippen LogP contribution in [-0.2, 0) is 4.79 Å². The number of hydrogen-bond acceptors (Lipinski definition) is 2. The van der Waals surface area contributed by atoms with Crippen LogP contribution >= 0.6 is 0 Å². The van der Waals surface area contributed by atoms with E-state index in [4.69, 9.17) is 5.73 Å². The summed E-state index contributed by atoms with van der Waals surface area (Å²) in [5.41, 5.74) is 6.14. The molecule has 92 valence electrons. The molecule has 0 spiro atoms. The molecule has 1 amide bonds. The van der Waals surface area contributed by atoms with Gasteiger partial charge in [-0.2, -0.15) is 0 Å². The van der Waals surface area contributed by atoms with Gasteiger partial charge in [-0.3, -0.25) is 4.79 Å². The molecule has 1 aromatic rings. The molecule has 17 heavy (non-hydrogen) atoms. The lowest BCUT2D eigenvalue weighted by atomic mass is 10.1. The lowest BCUT2D eigenvalue weighted by molar-refractivity contribution is -0.134. The van der Waals surface area contributed by atoms with Gasteiger partial charge in [-0.05, 0) is 37.5 Å². The summed E-state index contributed by atoms with van der Waals surface area (Å²) in [6.45, 7) is 1.91. The van der Waals surface area contributed by atoms with Gasteiger partial charge in [-0.15, -0.1) is 0 Å². The second kappa shape index (κ2) is 4.11. The number of halogens is 1. The van der Waals surface area contributed by atoms with Crippen molar-refractivity contribution in [2.24, 2.45) is 5.73 Å². The molecule has 1 aliphatic rings. The lowest BCUT2D eigenvalue weighted by Crippen LogP contribution is -2.44. The molecule has 1 atom stereocenters. The Labute approximate surface area is 100 Å². The Bertz CT molecular complexity index is 426. The Morgan fingerprint density at radius 1 is 1.41 bits per heavy atom. The molecular formula is C13H17FN2O. The average Bonchev–Trinajstić information content (AvgIpc) is 3.07. The Kier molecular flexibility index (Phi) is 2.91. The smallest absolute Gasteiger partial charge is 0.242 e. The normalized spacial score (nSPS) is 18.6. The molecule has 1 unspecified atom stereocenters. The first-order valence-corrected chi connectivity index (χ1v) is 5.76. The summed E-state index contributed by atoms with van der Waals surface area (Å²) in [4.78, 5) is 13.7. The van der Waals surface area contributed by atoms with E-state index in [1.807, 2.05) is 6.92 Å². The fourth-order valence-electron chi connectivity index (χ4n) is 1.84. The number of amides is 1. The number of carbonyl (C=O) groups is 1. The topological polar surface area (TPSA) is 46.3 Å². The van der Waals surface area contributed by atoms with Crippen molar-refractivity contribution in [2.75, 3.05) is 7.05 Å². The Morgan fingerprint density at radius 2 is 1.94 bits per heavy atom. The van der Waals surface area contributed by atoms with Crippen LogP contribution < -0.4 is 5.73 Å². The van der Waals surface area contributed by atoms with E-state index < -0.39 is 5.54 Å². The van der Waals surface area contributed by atoms with Crippen LogP contribution in [-0.4, -0.2) is 23.4 Å². The number of carbonyl (C=O) groups excluding carboxylic acids is 1. The van der Waals surface area contributed by atoms with Crippen LogP contribution in [0.2, 0.25) is 0 Å². The molecule has 0 bridgehead atoms. The molecule has 1 aliphatic carbocycles. The van der Waals surface area contributed by atoms with Gasteiger partial charge in [-0.25, -0.2) is 4.39 Å². The highest BCUT2D eigenvalue weighted by Gasteiger charge is 2.48. The van der Waals surface area contributed by atoms with E-state index in [9.17, 15) is 9.18 Å². The fourth-order valence-corrected chi connectivity index (χ4v) is 1.84. The van der Waals surface area contributed by atoms with Gasteiger partial charge in [0.05, 0.1) is 11.6 Å². The molecular weight excluding hydrogens is 219 g/mol. The first kappa shape index (κ1) is 12.0. The minimum Gasteiger partial charge on any atom is -0.337 e. The molecule has 0 radical (unpaired) electrons. The summed E-state index contributed by atoms with van der Waals surface area (Å²) < 4.78 is 12.8. The molecule has 3 nitrogen and oxygen atoms in total. The zero-order valence-electron chi connectivity index (χ0n) is 10.1. The predicted octanol–water partition coefficient (Wildman–Crippen LogP) is 1.84. The monoisotopic (exact) mass is 236 g/mol. The highest BCUT2D eigenvalue weighted by molar-refractivity contribution is 5.89. The van der Waals surface area contributed by atoms with Crippen molar-refractivity contribution in [2.45, 2.75) is 31.3 Å². The fraction of sp³-hybridized carbons (Fsp3) is 0.462. The molecule has 0 heterocycles. The second-order valence-corrected chi connectivity index (χ2v) is 4.80. The van der Waals surface area contributed by atoms with Gasteiger partial charge in [0, 0.05) is 7.05 Å². The van der Waals surface area contributed by atoms with Gasteiger partial charge >= 0.3 is 0 Å². The molecule has 0 saturated heterocycles. The minimum absolute atomic E-state index is 0.0330. The van der Waals surface area contributed by atoms with E-state index in [0.29, 0.717) is 0 Å². The molecule has 0 aliphatic heterocycles. The quantitative estimate of drug-likeness (QED) is 0.870. The third-order valence-corrected chi connectivity index (χ3v) is 3.47. The third-order valence-electron chi connectivity index (χ3n) is 3.47. The molecule has 2 N–H and O–H groups in total. The molecule has 2 rings (SSSR count). The first-order chi connectivity index (χ1) is 7.94. The van der Waals surface area contributed by atoms with Crippen LogP contribution in [0.3, 0.4) is 0 Å². The van der Waals surface area contributed by atoms with Crippen LogP contribution in [0.4, 0.5) is 4.39 Å². The highest BCUT2D eigenvalue weighted by Crippen LogP contribution is 2.35. The van der Waals surface area contributed by atoms with Crippen LogP contribution in [0.15, 0.2) is 24.3 Å². The van der Waals surface area contributed by atoms with Gasteiger partial charge < -0.3 is 10.6 Å². The van der Waals surface area contributed by atoms with Crippen molar-refractivity contribution in [1.29, 1.82) is 0 Å². The predicted molar refractivity (Wildman–Crippen MR) is 63.7 cm³/mol.